The smallest absolute Gasteiger partial charge is 0.475 e. The van der Waals surface area contributed by atoms with E-state index in [2.05, 4.69) is 31.9 Å². The van der Waals surface area contributed by atoms with Crippen LogP contribution in [0.5, 0.6) is 0 Å². The van der Waals surface area contributed by atoms with Crippen molar-refractivity contribution in [3.63, 3.8) is 0 Å². The lowest BCUT2D eigenvalue weighted by Gasteiger charge is -2.30. The number of hydrogen-bond acceptors (Lipinski definition) is 16. The number of aliphatic carboxylic acids is 1. The summed E-state index contributed by atoms with van der Waals surface area (Å²) in [4.78, 5) is 175. The normalized spacial score (nSPS) is 21.0. The molecule has 1 saturated heterocycles. The molecule has 1 aliphatic heterocycles. The van der Waals surface area contributed by atoms with Crippen molar-refractivity contribution in [2.24, 2.45) is 59.0 Å². The summed E-state index contributed by atoms with van der Waals surface area (Å²) in [5.74, 6) is -18.4. The Hall–Kier alpha value is -7.68. The van der Waals surface area contributed by atoms with Gasteiger partial charge in [-0.2, -0.15) is 13.2 Å². The molecule has 27 heteroatoms. The zero-order valence-electron chi connectivity index (χ0n) is 55.8. The van der Waals surface area contributed by atoms with Crippen LogP contribution in [0.1, 0.15) is 165 Å². The molecule has 0 bridgehead atoms. The Balaban J connectivity index is 0.00000310. The molecular weight excluding hydrogens is 1230 g/mol. The molecule has 24 nitrogen and oxygen atoms in total. The number of Topliss-reactive ketones (excluding diaryl/α,β-unsaturated/α-hetero) is 4. The number of carboxylic acid groups (broad SMARTS) is 1. The third kappa shape index (κ3) is 23.7. The number of ketones is 4. The van der Waals surface area contributed by atoms with E-state index < -0.39 is 205 Å². The monoisotopic (exact) mass is 1330 g/mol. The van der Waals surface area contributed by atoms with E-state index in [4.69, 9.17) is 20.4 Å². The van der Waals surface area contributed by atoms with Crippen LogP contribution in [-0.2, 0) is 73.5 Å². The third-order valence-corrected chi connectivity index (χ3v) is 18.3. The fourth-order valence-corrected chi connectivity index (χ4v) is 10.9. The van der Waals surface area contributed by atoms with Crippen molar-refractivity contribution >= 4 is 87.2 Å². The third-order valence-electron chi connectivity index (χ3n) is 18.3. The number of esters is 1. The van der Waals surface area contributed by atoms with Gasteiger partial charge in [-0.15, -0.1) is 0 Å². The number of benzene rings is 2. The van der Waals surface area contributed by atoms with Crippen LogP contribution in [0.4, 0.5) is 13.2 Å². The molecule has 1 spiro atoms. The standard InChI is InChI=1S/C65H97N7O15.C2HF3O2/c1-12-35(6)47(32-49(75)48(23-24-53(66)79)67-60(82)45(33-73)30-51(77)54(36(7)13-2)68-59(81)42(16-5)28-41-21-22-43-19-17-18-20-44(43)29-41)62(84)69-55(37(8)14-3)52(78)31-46(34-74)61(83)70-57-40(11)87-63(85)56(38(9)15-4)71-64(86)65(25-26-65)72-58(80)39(10)27-50(57)76;3-2(4,5)1(6)7/h17-22,29,35-40,42,45-48,54-57,73-74H,12-16,23-28,30-34H2,1-11H3,(H2,66,79)(H,67,82)(H,68,81)(H,69,84)(H,70,83)(H,71,86)(H,72,80);(H,6,7)/t35-,36-,37-,38-,39+,40-,42+,45-,46-,47+,48+,54-,55-,56-,57+;/m0./s1. The summed E-state index contributed by atoms with van der Waals surface area (Å²) in [7, 11) is 0. The van der Waals surface area contributed by atoms with Crippen LogP contribution in [0.2, 0.25) is 0 Å². The van der Waals surface area contributed by atoms with E-state index in [0.29, 0.717) is 51.4 Å². The largest absolute Gasteiger partial charge is 0.490 e. The van der Waals surface area contributed by atoms with E-state index in [9.17, 15) is 80.9 Å². The van der Waals surface area contributed by atoms with Crippen LogP contribution in [-0.4, -0.2) is 153 Å². The van der Waals surface area contributed by atoms with E-state index in [1.165, 1.54) is 13.8 Å². The van der Waals surface area contributed by atoms with Gasteiger partial charge < -0.3 is 57.7 Å². The Kier molecular flexibility index (Phi) is 32.1. The Morgan fingerprint density at radius 3 is 1.69 bits per heavy atom. The number of carbonyl (C=O) groups is 13. The van der Waals surface area contributed by atoms with Crippen molar-refractivity contribution in [2.75, 3.05) is 13.2 Å². The second kappa shape index (κ2) is 37.4. The van der Waals surface area contributed by atoms with E-state index in [0.717, 1.165) is 16.3 Å². The highest BCUT2D eigenvalue weighted by Gasteiger charge is 2.53. The maximum Gasteiger partial charge on any atom is 0.490 e. The number of carbonyl (C=O) groups excluding carboxylic acids is 12. The number of rotatable bonds is 33. The molecule has 15 atom stereocenters. The second-order valence-corrected chi connectivity index (χ2v) is 25.5. The van der Waals surface area contributed by atoms with Gasteiger partial charge in [0.15, 0.2) is 23.1 Å². The number of cyclic esters (lactones) is 1. The molecule has 524 valence electrons. The molecule has 2 aliphatic rings. The van der Waals surface area contributed by atoms with Gasteiger partial charge in [0.05, 0.1) is 43.2 Å². The lowest BCUT2D eigenvalue weighted by atomic mass is 9.83. The minimum absolute atomic E-state index is 0.292. The van der Waals surface area contributed by atoms with Crippen LogP contribution in [0, 0.1) is 53.3 Å². The average molecular weight is 1330 g/mol. The molecule has 2 fully saturated rings. The van der Waals surface area contributed by atoms with Crippen molar-refractivity contribution in [1.29, 1.82) is 0 Å². The number of amides is 7. The fourth-order valence-electron chi connectivity index (χ4n) is 10.9. The van der Waals surface area contributed by atoms with Crippen LogP contribution >= 0.6 is 0 Å². The Labute approximate surface area is 547 Å². The van der Waals surface area contributed by atoms with Crippen molar-refractivity contribution in [1.82, 2.24) is 31.9 Å². The van der Waals surface area contributed by atoms with Gasteiger partial charge in [0.1, 0.15) is 23.7 Å². The maximum absolute atomic E-state index is 14.5. The lowest BCUT2D eigenvalue weighted by molar-refractivity contribution is -0.192. The van der Waals surface area contributed by atoms with Crippen LogP contribution in [0.15, 0.2) is 42.5 Å². The maximum atomic E-state index is 14.5. The molecule has 0 unspecified atom stereocenters. The topological polar surface area (TPSA) is 390 Å². The predicted molar refractivity (Wildman–Crippen MR) is 339 cm³/mol. The van der Waals surface area contributed by atoms with Crippen molar-refractivity contribution < 1.29 is 95.6 Å². The van der Waals surface area contributed by atoms with Crippen LogP contribution in [0.25, 0.3) is 10.8 Å². The first-order chi connectivity index (χ1) is 44.1. The minimum atomic E-state index is -5.08. The number of aliphatic hydroxyl groups is 2. The summed E-state index contributed by atoms with van der Waals surface area (Å²) in [5.41, 5.74) is 5.21. The van der Waals surface area contributed by atoms with Gasteiger partial charge in [-0.05, 0) is 79.0 Å². The number of hydrogen-bond donors (Lipinski definition) is 10. The Morgan fingerprint density at radius 2 is 1.20 bits per heavy atom. The summed E-state index contributed by atoms with van der Waals surface area (Å²) in [5, 5.41) is 46.7. The molecule has 0 aromatic heterocycles. The highest BCUT2D eigenvalue weighted by atomic mass is 19.4. The lowest BCUT2D eigenvalue weighted by Crippen LogP contribution is -2.56. The molecule has 1 saturated carbocycles. The molecular formula is C67H98F3N7O17. The van der Waals surface area contributed by atoms with Gasteiger partial charge in [-0.1, -0.05) is 137 Å². The highest BCUT2D eigenvalue weighted by Crippen LogP contribution is 2.37. The number of nitrogens with one attached hydrogen (secondary N) is 6. The number of ether oxygens (including phenoxy) is 1. The molecule has 2 aromatic rings. The molecule has 94 heavy (non-hydrogen) atoms. The first-order valence-corrected chi connectivity index (χ1v) is 32.5. The van der Waals surface area contributed by atoms with Gasteiger partial charge in [0.25, 0.3) is 0 Å². The first kappa shape index (κ1) is 80.6. The average Bonchev–Trinajstić information content (AvgIpc) is 1.62. The number of halogens is 3. The fraction of sp³-hybridized carbons (Fsp3) is 0.657. The first-order valence-electron chi connectivity index (χ1n) is 32.5. The second-order valence-electron chi connectivity index (χ2n) is 25.5. The summed E-state index contributed by atoms with van der Waals surface area (Å²) in [6, 6.07) is 7.44. The number of aliphatic hydroxyl groups excluding tert-OH is 2. The number of alkyl halides is 3. The van der Waals surface area contributed by atoms with Gasteiger partial charge in [0, 0.05) is 49.9 Å². The Bertz CT molecular complexity index is 3010. The molecule has 11 N–H and O–H groups in total. The summed E-state index contributed by atoms with van der Waals surface area (Å²) in [6.45, 7) is 17.1. The van der Waals surface area contributed by atoms with Gasteiger partial charge in [-0.3, -0.25) is 52.7 Å². The number of carboxylic acids is 1. The summed E-state index contributed by atoms with van der Waals surface area (Å²) >= 11 is 0. The summed E-state index contributed by atoms with van der Waals surface area (Å²) < 4.78 is 37.5. The molecule has 4 rings (SSSR count). The Morgan fingerprint density at radius 1 is 0.681 bits per heavy atom. The number of nitrogens with two attached hydrogens (primary N) is 1. The molecule has 1 aliphatic carbocycles. The van der Waals surface area contributed by atoms with Gasteiger partial charge >= 0.3 is 18.1 Å². The van der Waals surface area contributed by atoms with E-state index in [1.807, 2.05) is 56.3 Å². The van der Waals surface area contributed by atoms with Gasteiger partial charge in [0.2, 0.25) is 41.4 Å². The van der Waals surface area contributed by atoms with Crippen molar-refractivity contribution in [2.45, 2.75) is 214 Å². The number of fused-ring (bicyclic) bond motifs is 1. The van der Waals surface area contributed by atoms with Crippen LogP contribution < -0.4 is 37.6 Å². The molecule has 2 aromatic carbocycles. The van der Waals surface area contributed by atoms with E-state index >= 15 is 0 Å². The zero-order valence-corrected chi connectivity index (χ0v) is 55.8. The van der Waals surface area contributed by atoms with Crippen molar-refractivity contribution in [3.05, 3.63) is 48.0 Å². The number of primary amides is 1. The molecule has 7 amide bonds. The predicted octanol–water partition coefficient (Wildman–Crippen LogP) is 4.82. The van der Waals surface area contributed by atoms with Crippen LogP contribution in [0.3, 0.4) is 0 Å². The minimum Gasteiger partial charge on any atom is -0.475 e. The molecule has 0 radical (unpaired) electrons. The quantitative estimate of drug-likeness (QED) is 0.0428. The van der Waals surface area contributed by atoms with Crippen molar-refractivity contribution in [3.8, 4) is 0 Å². The van der Waals surface area contributed by atoms with Gasteiger partial charge in [-0.25, -0.2) is 9.59 Å². The van der Waals surface area contributed by atoms with E-state index in [-0.39, 0.29) is 24.7 Å². The van der Waals surface area contributed by atoms with E-state index in [1.54, 1.807) is 48.5 Å². The highest BCUT2D eigenvalue weighted by molar-refractivity contribution is 6.01. The SMILES string of the molecule is CC[C@H](Cc1ccc2ccccc2c1)C(=O)N[C@H](C(=O)C[C@@H](CO)C(=O)N[C@H](CCC(N)=O)C(=O)C[C@@H](C(=O)N[C@H](C(=O)C[C@@H](CO)C(=O)N[C@H]1C(=O)C[C@@H](C)C(=O)NC2(CC2)C(=O)N[C@@H]([C@@H](C)CC)C(=O)O[C@H]1C)[C@@H](C)CC)[C@@H](C)CC)[C@@H](C)CC.O=C(O)C(F)(F)F. The zero-order chi connectivity index (χ0) is 71.1. The molecule has 1 heterocycles. The summed E-state index contributed by atoms with van der Waals surface area (Å²) in [6.07, 6.45) is -5.98.